The van der Waals surface area contributed by atoms with E-state index in [1.807, 2.05) is 6.92 Å². The fourth-order valence-electron chi connectivity index (χ4n) is 5.57. The van der Waals surface area contributed by atoms with Crippen LogP contribution in [0.1, 0.15) is 157 Å². The summed E-state index contributed by atoms with van der Waals surface area (Å²) >= 11 is 0. The van der Waals surface area contributed by atoms with Gasteiger partial charge in [-0.1, -0.05) is 103 Å². The second-order valence-electron chi connectivity index (χ2n) is 12.0. The van der Waals surface area contributed by atoms with E-state index in [2.05, 4.69) is 39.9 Å². The van der Waals surface area contributed by atoms with E-state index in [9.17, 15) is 0 Å². The summed E-state index contributed by atoms with van der Waals surface area (Å²) in [5.41, 5.74) is 0.133. The third-order valence-corrected chi connectivity index (χ3v) is 7.01. The second kappa shape index (κ2) is 19.0. The van der Waals surface area contributed by atoms with Crippen molar-refractivity contribution in [1.29, 1.82) is 0 Å². The highest BCUT2D eigenvalue weighted by Crippen LogP contribution is 2.31. The molecule has 0 spiro atoms. The average Bonchev–Trinajstić information content (AvgIpc) is 2.73. The summed E-state index contributed by atoms with van der Waals surface area (Å²) in [4.78, 5) is 0. The molecule has 1 aliphatic heterocycles. The summed E-state index contributed by atoms with van der Waals surface area (Å²) in [5, 5.41) is 3.71. The quantitative estimate of drug-likeness (QED) is 0.123. The topological polar surface area (TPSA) is 39.7 Å². The molecule has 0 aromatic rings. The number of unbranched alkanes of at least 4 members (excludes halogenated alkanes) is 15. The van der Waals surface area contributed by atoms with Crippen LogP contribution in [-0.2, 0) is 14.2 Å². The predicted molar refractivity (Wildman–Crippen MR) is 146 cm³/mol. The van der Waals surface area contributed by atoms with Gasteiger partial charge >= 0.3 is 0 Å². The molecule has 1 atom stereocenters. The van der Waals surface area contributed by atoms with Crippen molar-refractivity contribution < 1.29 is 14.2 Å². The standard InChI is InChI=1S/C30H61NO3/c1-7-9-10-11-12-13-14-15-16-17-18-19-20-21-22-23-24-33-28(32-8-2)34-27-25-29(3,4)31-30(5,6)26-27/h27-28,31H,7-26H2,1-6H3. The number of hydrogen-bond acceptors (Lipinski definition) is 4. The summed E-state index contributed by atoms with van der Waals surface area (Å²) in [5.74, 6) is 0. The molecule has 0 amide bonds. The van der Waals surface area contributed by atoms with Crippen molar-refractivity contribution in [3.05, 3.63) is 0 Å². The summed E-state index contributed by atoms with van der Waals surface area (Å²) < 4.78 is 18.0. The van der Waals surface area contributed by atoms with E-state index in [-0.39, 0.29) is 17.2 Å². The van der Waals surface area contributed by atoms with Gasteiger partial charge in [0.15, 0.2) is 0 Å². The molecular weight excluding hydrogens is 422 g/mol. The Bertz CT molecular complexity index is 450. The van der Waals surface area contributed by atoms with Crippen LogP contribution >= 0.6 is 0 Å². The maximum atomic E-state index is 6.25. The Morgan fingerprint density at radius 2 is 1.03 bits per heavy atom. The molecule has 0 aliphatic carbocycles. The van der Waals surface area contributed by atoms with Crippen LogP contribution in [0.3, 0.4) is 0 Å². The van der Waals surface area contributed by atoms with Crippen LogP contribution in [0.15, 0.2) is 0 Å². The monoisotopic (exact) mass is 483 g/mol. The van der Waals surface area contributed by atoms with Crippen molar-refractivity contribution in [2.45, 2.75) is 181 Å². The molecule has 0 aromatic heterocycles. The highest BCUT2D eigenvalue weighted by Gasteiger charge is 2.39. The lowest BCUT2D eigenvalue weighted by Gasteiger charge is -2.46. The number of ether oxygens (including phenoxy) is 3. The maximum absolute atomic E-state index is 6.25. The van der Waals surface area contributed by atoms with E-state index in [1.165, 1.54) is 96.3 Å². The summed E-state index contributed by atoms with van der Waals surface area (Å²) in [6.07, 6.45) is 24.3. The smallest absolute Gasteiger partial charge is 0.271 e. The first-order valence-electron chi connectivity index (χ1n) is 15.0. The zero-order valence-electron chi connectivity index (χ0n) is 24.0. The molecule has 0 saturated carbocycles. The van der Waals surface area contributed by atoms with Gasteiger partial charge in [-0.05, 0) is 53.9 Å². The molecule has 0 bridgehead atoms. The molecule has 1 N–H and O–H groups in total. The van der Waals surface area contributed by atoms with Gasteiger partial charge in [0, 0.05) is 17.7 Å². The van der Waals surface area contributed by atoms with Gasteiger partial charge < -0.3 is 19.5 Å². The fourth-order valence-corrected chi connectivity index (χ4v) is 5.57. The zero-order chi connectivity index (χ0) is 25.1. The van der Waals surface area contributed by atoms with E-state index in [1.54, 1.807) is 0 Å². The fraction of sp³-hybridized carbons (Fsp3) is 1.00. The van der Waals surface area contributed by atoms with E-state index >= 15 is 0 Å². The van der Waals surface area contributed by atoms with Crippen LogP contribution in [0.25, 0.3) is 0 Å². The SMILES string of the molecule is CCCCCCCCCCCCCCCCCCOC(OCC)OC1CC(C)(C)NC(C)(C)C1. The van der Waals surface area contributed by atoms with Crippen molar-refractivity contribution in [2.24, 2.45) is 0 Å². The highest BCUT2D eigenvalue weighted by molar-refractivity contribution is 4.97. The molecule has 1 unspecified atom stereocenters. The van der Waals surface area contributed by atoms with Gasteiger partial charge in [0.25, 0.3) is 6.48 Å². The molecule has 4 heteroatoms. The third kappa shape index (κ3) is 17.3. The van der Waals surface area contributed by atoms with E-state index in [0.717, 1.165) is 25.9 Å². The van der Waals surface area contributed by atoms with Crippen LogP contribution in [0.4, 0.5) is 0 Å². The first-order chi connectivity index (χ1) is 16.3. The van der Waals surface area contributed by atoms with Crippen molar-refractivity contribution in [1.82, 2.24) is 5.32 Å². The van der Waals surface area contributed by atoms with Crippen molar-refractivity contribution >= 4 is 0 Å². The van der Waals surface area contributed by atoms with E-state index < -0.39 is 6.48 Å². The largest absolute Gasteiger partial charge is 0.330 e. The molecule has 1 fully saturated rings. The van der Waals surface area contributed by atoms with Crippen LogP contribution in [0.2, 0.25) is 0 Å². The Balaban J connectivity index is 1.98. The minimum Gasteiger partial charge on any atom is -0.330 e. The molecule has 204 valence electrons. The lowest BCUT2D eigenvalue weighted by atomic mass is 9.81. The van der Waals surface area contributed by atoms with Gasteiger partial charge in [-0.25, -0.2) is 0 Å². The first kappa shape index (κ1) is 31.9. The first-order valence-corrected chi connectivity index (χ1v) is 15.0. The predicted octanol–water partition coefficient (Wildman–Crippen LogP) is 8.91. The summed E-state index contributed by atoms with van der Waals surface area (Å²) in [6.45, 7) is 14.1. The van der Waals surface area contributed by atoms with Gasteiger partial charge in [0.1, 0.15) is 0 Å². The van der Waals surface area contributed by atoms with Crippen LogP contribution in [-0.4, -0.2) is 36.9 Å². The molecule has 34 heavy (non-hydrogen) atoms. The Morgan fingerprint density at radius 3 is 1.44 bits per heavy atom. The Kier molecular flexibility index (Phi) is 17.8. The molecule has 1 aliphatic rings. The Labute approximate surface area is 213 Å². The lowest BCUT2D eigenvalue weighted by Crippen LogP contribution is -2.60. The molecule has 4 nitrogen and oxygen atoms in total. The van der Waals surface area contributed by atoms with E-state index in [4.69, 9.17) is 14.2 Å². The van der Waals surface area contributed by atoms with Gasteiger partial charge in [-0.15, -0.1) is 0 Å². The van der Waals surface area contributed by atoms with Crippen LogP contribution in [0.5, 0.6) is 0 Å². The Morgan fingerprint density at radius 1 is 0.618 bits per heavy atom. The molecule has 1 heterocycles. The minimum absolute atomic E-state index is 0.0665. The minimum atomic E-state index is -0.531. The van der Waals surface area contributed by atoms with E-state index in [0.29, 0.717) is 6.61 Å². The number of hydrogen-bond donors (Lipinski definition) is 1. The molecule has 1 rings (SSSR count). The molecule has 1 saturated heterocycles. The summed E-state index contributed by atoms with van der Waals surface area (Å²) in [7, 11) is 0. The van der Waals surface area contributed by atoms with Gasteiger partial charge in [-0.3, -0.25) is 0 Å². The van der Waals surface area contributed by atoms with Crippen molar-refractivity contribution in [2.75, 3.05) is 13.2 Å². The van der Waals surface area contributed by atoms with Crippen molar-refractivity contribution in [3.63, 3.8) is 0 Å². The second-order valence-corrected chi connectivity index (χ2v) is 12.0. The van der Waals surface area contributed by atoms with Gasteiger partial charge in [-0.2, -0.15) is 0 Å². The zero-order valence-corrected chi connectivity index (χ0v) is 24.0. The molecular formula is C30H61NO3. The van der Waals surface area contributed by atoms with Crippen molar-refractivity contribution in [3.8, 4) is 0 Å². The highest BCUT2D eigenvalue weighted by atomic mass is 16.8. The molecule has 0 radical (unpaired) electrons. The normalized spacial score (nSPS) is 18.9. The van der Waals surface area contributed by atoms with Gasteiger partial charge in [0.2, 0.25) is 0 Å². The van der Waals surface area contributed by atoms with Crippen LogP contribution in [0, 0.1) is 0 Å². The third-order valence-electron chi connectivity index (χ3n) is 7.01. The molecule has 0 aromatic carbocycles. The van der Waals surface area contributed by atoms with Crippen LogP contribution < -0.4 is 5.32 Å². The maximum Gasteiger partial charge on any atom is 0.271 e. The number of nitrogens with one attached hydrogen (secondary N) is 1. The number of rotatable bonds is 22. The lowest BCUT2D eigenvalue weighted by molar-refractivity contribution is -0.309. The summed E-state index contributed by atoms with van der Waals surface area (Å²) in [6, 6.07) is 0. The Hall–Kier alpha value is -0.160. The number of piperidine rings is 1. The van der Waals surface area contributed by atoms with Gasteiger partial charge in [0.05, 0.1) is 12.7 Å². The average molecular weight is 484 g/mol.